The SMILES string of the molecule is CN(C(=O)c1ccc(C(=O)O)cc1C(N)=O)[C@@H]1CCCc2ccccc21. The summed E-state index contributed by atoms with van der Waals surface area (Å²) >= 11 is 0. The van der Waals surface area contributed by atoms with E-state index >= 15 is 0 Å². The molecule has 0 aromatic heterocycles. The van der Waals surface area contributed by atoms with E-state index in [9.17, 15) is 14.4 Å². The number of nitrogens with two attached hydrogens (primary N) is 1. The van der Waals surface area contributed by atoms with E-state index in [2.05, 4.69) is 6.07 Å². The quantitative estimate of drug-likeness (QED) is 0.883. The zero-order chi connectivity index (χ0) is 18.8. The van der Waals surface area contributed by atoms with Crippen LogP contribution in [-0.4, -0.2) is 34.8 Å². The van der Waals surface area contributed by atoms with Gasteiger partial charge in [0.25, 0.3) is 5.91 Å². The number of amides is 2. The van der Waals surface area contributed by atoms with E-state index < -0.39 is 11.9 Å². The van der Waals surface area contributed by atoms with Crippen LogP contribution in [0.2, 0.25) is 0 Å². The Hall–Kier alpha value is -3.15. The third-order valence-electron chi connectivity index (χ3n) is 4.89. The molecule has 0 radical (unpaired) electrons. The molecule has 0 saturated carbocycles. The lowest BCUT2D eigenvalue weighted by Crippen LogP contribution is -2.34. The average molecular weight is 352 g/mol. The molecule has 0 aliphatic heterocycles. The summed E-state index contributed by atoms with van der Waals surface area (Å²) in [6.45, 7) is 0. The van der Waals surface area contributed by atoms with Crippen LogP contribution < -0.4 is 5.73 Å². The lowest BCUT2D eigenvalue weighted by molar-refractivity contribution is 0.0688. The van der Waals surface area contributed by atoms with Gasteiger partial charge in [0, 0.05) is 7.05 Å². The predicted octanol–water partition coefficient (Wildman–Crippen LogP) is 2.63. The number of carbonyl (C=O) groups is 3. The van der Waals surface area contributed by atoms with Gasteiger partial charge in [0.2, 0.25) is 5.91 Å². The first kappa shape index (κ1) is 17.7. The Labute approximate surface area is 151 Å². The lowest BCUT2D eigenvalue weighted by atomic mass is 9.86. The van der Waals surface area contributed by atoms with Crippen LogP contribution in [0.4, 0.5) is 0 Å². The highest BCUT2D eigenvalue weighted by molar-refractivity contribution is 6.08. The monoisotopic (exact) mass is 352 g/mol. The second-order valence-electron chi connectivity index (χ2n) is 6.45. The zero-order valence-corrected chi connectivity index (χ0v) is 14.4. The number of carboxylic acids is 1. The van der Waals surface area contributed by atoms with Crippen molar-refractivity contribution in [2.45, 2.75) is 25.3 Å². The molecule has 0 fully saturated rings. The molecule has 2 aromatic carbocycles. The minimum atomic E-state index is -1.18. The van der Waals surface area contributed by atoms with E-state index in [0.717, 1.165) is 30.9 Å². The van der Waals surface area contributed by atoms with Crippen molar-refractivity contribution < 1.29 is 19.5 Å². The minimum Gasteiger partial charge on any atom is -0.478 e. The Morgan fingerprint density at radius 3 is 2.54 bits per heavy atom. The summed E-state index contributed by atoms with van der Waals surface area (Å²) in [5, 5.41) is 9.10. The Bertz CT molecular complexity index is 891. The van der Waals surface area contributed by atoms with Crippen molar-refractivity contribution in [2.24, 2.45) is 5.73 Å². The van der Waals surface area contributed by atoms with Crippen LogP contribution in [0.25, 0.3) is 0 Å². The highest BCUT2D eigenvalue weighted by Crippen LogP contribution is 2.34. The normalized spacial score (nSPS) is 15.8. The molecule has 0 bridgehead atoms. The number of carbonyl (C=O) groups excluding carboxylic acids is 2. The molecule has 0 unspecified atom stereocenters. The lowest BCUT2D eigenvalue weighted by Gasteiger charge is -2.33. The fourth-order valence-corrected chi connectivity index (χ4v) is 3.53. The first-order chi connectivity index (χ1) is 12.4. The smallest absolute Gasteiger partial charge is 0.335 e. The molecule has 0 saturated heterocycles. The van der Waals surface area contributed by atoms with Gasteiger partial charge in [-0.3, -0.25) is 9.59 Å². The third kappa shape index (κ3) is 3.18. The van der Waals surface area contributed by atoms with Crippen molar-refractivity contribution in [2.75, 3.05) is 7.05 Å². The van der Waals surface area contributed by atoms with Crippen molar-refractivity contribution in [3.8, 4) is 0 Å². The van der Waals surface area contributed by atoms with Gasteiger partial charge in [-0.25, -0.2) is 4.79 Å². The maximum atomic E-state index is 13.0. The zero-order valence-electron chi connectivity index (χ0n) is 14.4. The van der Waals surface area contributed by atoms with E-state index in [1.807, 2.05) is 18.2 Å². The molecular weight excluding hydrogens is 332 g/mol. The minimum absolute atomic E-state index is 0.0779. The maximum absolute atomic E-state index is 13.0. The van der Waals surface area contributed by atoms with Crippen molar-refractivity contribution in [3.63, 3.8) is 0 Å². The van der Waals surface area contributed by atoms with Gasteiger partial charge in [0.05, 0.1) is 22.7 Å². The van der Waals surface area contributed by atoms with Crippen LogP contribution in [-0.2, 0) is 6.42 Å². The Morgan fingerprint density at radius 1 is 1.12 bits per heavy atom. The highest BCUT2D eigenvalue weighted by Gasteiger charge is 2.29. The van der Waals surface area contributed by atoms with E-state index in [1.165, 1.54) is 17.7 Å². The molecule has 1 atom stereocenters. The Balaban J connectivity index is 1.97. The fourth-order valence-electron chi connectivity index (χ4n) is 3.53. The number of aryl methyl sites for hydroxylation is 1. The topological polar surface area (TPSA) is 101 Å². The van der Waals surface area contributed by atoms with Crippen LogP contribution >= 0.6 is 0 Å². The number of primary amides is 1. The first-order valence-corrected chi connectivity index (χ1v) is 8.42. The maximum Gasteiger partial charge on any atom is 0.335 e. The molecule has 26 heavy (non-hydrogen) atoms. The molecule has 0 heterocycles. The number of nitrogens with zero attached hydrogens (tertiary/aromatic N) is 1. The molecular formula is C20H20N2O4. The number of carboxylic acid groups (broad SMARTS) is 1. The second kappa shape index (κ2) is 7.00. The van der Waals surface area contributed by atoms with E-state index in [-0.39, 0.29) is 28.6 Å². The Kier molecular flexibility index (Phi) is 4.75. The van der Waals surface area contributed by atoms with Gasteiger partial charge >= 0.3 is 5.97 Å². The Morgan fingerprint density at radius 2 is 1.85 bits per heavy atom. The van der Waals surface area contributed by atoms with Gasteiger partial charge in [0.1, 0.15) is 0 Å². The first-order valence-electron chi connectivity index (χ1n) is 8.42. The largest absolute Gasteiger partial charge is 0.478 e. The van der Waals surface area contributed by atoms with Crippen LogP contribution in [0, 0.1) is 0 Å². The average Bonchev–Trinajstić information content (AvgIpc) is 2.65. The van der Waals surface area contributed by atoms with Gasteiger partial charge in [-0.15, -0.1) is 0 Å². The number of benzene rings is 2. The van der Waals surface area contributed by atoms with Crippen LogP contribution in [0.5, 0.6) is 0 Å². The fraction of sp³-hybridized carbons (Fsp3) is 0.250. The van der Waals surface area contributed by atoms with Gasteiger partial charge in [-0.05, 0) is 48.6 Å². The number of rotatable bonds is 4. The third-order valence-corrected chi connectivity index (χ3v) is 4.89. The summed E-state index contributed by atoms with van der Waals surface area (Å²) in [7, 11) is 1.70. The molecule has 2 aromatic rings. The van der Waals surface area contributed by atoms with Gasteiger partial charge < -0.3 is 15.7 Å². The number of hydrogen-bond donors (Lipinski definition) is 2. The van der Waals surface area contributed by atoms with Crippen molar-refractivity contribution >= 4 is 17.8 Å². The number of fused-ring (bicyclic) bond motifs is 1. The van der Waals surface area contributed by atoms with E-state index in [4.69, 9.17) is 10.8 Å². The van der Waals surface area contributed by atoms with Gasteiger partial charge in [-0.2, -0.15) is 0 Å². The molecule has 6 nitrogen and oxygen atoms in total. The molecule has 3 N–H and O–H groups in total. The standard InChI is InChI=1S/C20H20N2O4/c1-22(17-8-4-6-12-5-2-3-7-14(12)17)19(24)15-10-9-13(20(25)26)11-16(15)18(21)23/h2-3,5,7,9-11,17H,4,6,8H2,1H3,(H2,21,23)(H,25,26)/t17-/m1/s1. The van der Waals surface area contributed by atoms with E-state index in [0.29, 0.717) is 0 Å². The summed E-state index contributed by atoms with van der Waals surface area (Å²) < 4.78 is 0. The van der Waals surface area contributed by atoms with Crippen LogP contribution in [0.3, 0.4) is 0 Å². The van der Waals surface area contributed by atoms with Crippen LogP contribution in [0.1, 0.15) is 61.1 Å². The summed E-state index contributed by atoms with van der Waals surface area (Å²) in [4.78, 5) is 37.5. The van der Waals surface area contributed by atoms with E-state index in [1.54, 1.807) is 11.9 Å². The molecule has 1 aliphatic rings. The van der Waals surface area contributed by atoms with Crippen molar-refractivity contribution in [1.29, 1.82) is 0 Å². The number of aromatic carboxylic acids is 1. The molecule has 1 aliphatic carbocycles. The summed E-state index contributed by atoms with van der Waals surface area (Å²) in [5.74, 6) is -2.35. The molecule has 2 amide bonds. The summed E-state index contributed by atoms with van der Waals surface area (Å²) in [6, 6.07) is 11.8. The molecule has 3 rings (SSSR count). The summed E-state index contributed by atoms with van der Waals surface area (Å²) in [5.41, 5.74) is 7.66. The molecule has 6 heteroatoms. The molecule has 0 spiro atoms. The van der Waals surface area contributed by atoms with Crippen LogP contribution in [0.15, 0.2) is 42.5 Å². The van der Waals surface area contributed by atoms with Crippen molar-refractivity contribution in [3.05, 3.63) is 70.3 Å². The highest BCUT2D eigenvalue weighted by atomic mass is 16.4. The second-order valence-corrected chi connectivity index (χ2v) is 6.45. The molecule has 134 valence electrons. The van der Waals surface area contributed by atoms with Gasteiger partial charge in [-0.1, -0.05) is 24.3 Å². The predicted molar refractivity (Wildman–Crippen MR) is 96.1 cm³/mol. The van der Waals surface area contributed by atoms with Gasteiger partial charge in [0.15, 0.2) is 0 Å². The summed E-state index contributed by atoms with van der Waals surface area (Å²) in [6.07, 6.45) is 2.78. The van der Waals surface area contributed by atoms with Crippen molar-refractivity contribution in [1.82, 2.24) is 4.90 Å². The number of hydrogen-bond acceptors (Lipinski definition) is 3.